The summed E-state index contributed by atoms with van der Waals surface area (Å²) in [6.07, 6.45) is 6.12. The molecule has 0 unspecified atom stereocenters. The quantitative estimate of drug-likeness (QED) is 0.771. The molecule has 0 bridgehead atoms. The van der Waals surface area contributed by atoms with Crippen LogP contribution in [-0.4, -0.2) is 60.8 Å². The zero-order valence-electron chi connectivity index (χ0n) is 14.0. The van der Waals surface area contributed by atoms with E-state index in [0.717, 1.165) is 12.0 Å². The van der Waals surface area contributed by atoms with Crippen molar-refractivity contribution in [2.75, 3.05) is 32.7 Å². The molecule has 0 radical (unpaired) electrons. The van der Waals surface area contributed by atoms with Crippen molar-refractivity contribution in [1.29, 1.82) is 0 Å². The lowest BCUT2D eigenvalue weighted by molar-refractivity contribution is -0.0300. The second kappa shape index (κ2) is 7.77. The lowest BCUT2D eigenvalue weighted by Gasteiger charge is -2.39. The van der Waals surface area contributed by atoms with E-state index in [9.17, 15) is 0 Å². The Balaban J connectivity index is 1.64. The minimum absolute atomic E-state index is 0.381. The molecular formula is C17H34N2O. The fourth-order valence-electron chi connectivity index (χ4n) is 3.63. The number of piperidine rings is 2. The van der Waals surface area contributed by atoms with Crippen LogP contribution in [0.25, 0.3) is 0 Å². The van der Waals surface area contributed by atoms with E-state index in [1.807, 2.05) is 0 Å². The van der Waals surface area contributed by atoms with Gasteiger partial charge in [-0.3, -0.25) is 0 Å². The molecule has 0 aromatic heterocycles. The molecule has 118 valence electrons. The molecule has 0 spiro atoms. The summed E-state index contributed by atoms with van der Waals surface area (Å²) in [7, 11) is 0. The lowest BCUT2D eigenvalue weighted by atomic mass is 9.94. The van der Waals surface area contributed by atoms with Crippen molar-refractivity contribution < 1.29 is 4.74 Å². The standard InChI is InChI=1S/C17H34N2O/c1-14(2)19-11-5-16(6-12-19)13-18-9-7-17(8-10-18)20-15(3)4/h14-17H,5-13H2,1-4H3. The molecule has 0 aliphatic carbocycles. The Hall–Kier alpha value is -0.120. The van der Waals surface area contributed by atoms with Gasteiger partial charge >= 0.3 is 0 Å². The third kappa shape index (κ3) is 5.01. The fraction of sp³-hybridized carbons (Fsp3) is 1.00. The van der Waals surface area contributed by atoms with Crippen molar-refractivity contribution in [3.63, 3.8) is 0 Å². The molecular weight excluding hydrogens is 248 g/mol. The number of ether oxygens (including phenoxy) is 1. The zero-order chi connectivity index (χ0) is 14.5. The molecule has 0 aromatic rings. The van der Waals surface area contributed by atoms with E-state index in [1.54, 1.807) is 0 Å². The number of likely N-dealkylation sites (tertiary alicyclic amines) is 2. The van der Waals surface area contributed by atoms with Crippen LogP contribution >= 0.6 is 0 Å². The molecule has 2 heterocycles. The van der Waals surface area contributed by atoms with Crippen LogP contribution in [0.1, 0.15) is 53.4 Å². The minimum Gasteiger partial charge on any atom is -0.375 e. The second-order valence-corrected chi connectivity index (χ2v) is 7.26. The number of hydrogen-bond acceptors (Lipinski definition) is 3. The van der Waals surface area contributed by atoms with Gasteiger partial charge in [0.15, 0.2) is 0 Å². The average Bonchev–Trinajstić information content (AvgIpc) is 2.41. The lowest BCUT2D eigenvalue weighted by Crippen LogP contribution is -2.44. The summed E-state index contributed by atoms with van der Waals surface area (Å²) < 4.78 is 5.94. The first kappa shape index (κ1) is 16.3. The predicted octanol–water partition coefficient (Wildman–Crippen LogP) is 3.00. The van der Waals surface area contributed by atoms with Crippen LogP contribution in [0.5, 0.6) is 0 Å². The molecule has 2 aliphatic rings. The van der Waals surface area contributed by atoms with Crippen LogP contribution in [0.2, 0.25) is 0 Å². The summed E-state index contributed by atoms with van der Waals surface area (Å²) in [4.78, 5) is 5.30. The maximum absolute atomic E-state index is 5.94. The van der Waals surface area contributed by atoms with Crippen LogP contribution in [0.3, 0.4) is 0 Å². The van der Waals surface area contributed by atoms with E-state index < -0.39 is 0 Å². The van der Waals surface area contributed by atoms with Gasteiger partial charge in [0.05, 0.1) is 12.2 Å². The second-order valence-electron chi connectivity index (χ2n) is 7.26. The van der Waals surface area contributed by atoms with Gasteiger partial charge in [-0.2, -0.15) is 0 Å². The average molecular weight is 282 g/mol. The van der Waals surface area contributed by atoms with E-state index >= 15 is 0 Å². The maximum atomic E-state index is 5.94. The minimum atomic E-state index is 0.381. The maximum Gasteiger partial charge on any atom is 0.0603 e. The topological polar surface area (TPSA) is 15.7 Å². The van der Waals surface area contributed by atoms with Crippen LogP contribution in [0.15, 0.2) is 0 Å². The van der Waals surface area contributed by atoms with Crippen LogP contribution < -0.4 is 0 Å². The monoisotopic (exact) mass is 282 g/mol. The molecule has 20 heavy (non-hydrogen) atoms. The van der Waals surface area contributed by atoms with Crippen molar-refractivity contribution >= 4 is 0 Å². The molecule has 3 heteroatoms. The summed E-state index contributed by atoms with van der Waals surface area (Å²) in [5, 5.41) is 0. The summed E-state index contributed by atoms with van der Waals surface area (Å²) in [6, 6.07) is 0.722. The van der Waals surface area contributed by atoms with E-state index in [4.69, 9.17) is 4.74 Å². The third-order valence-electron chi connectivity index (χ3n) is 4.90. The fourth-order valence-corrected chi connectivity index (χ4v) is 3.63. The summed E-state index contributed by atoms with van der Waals surface area (Å²) in [5.41, 5.74) is 0. The van der Waals surface area contributed by atoms with Gasteiger partial charge in [-0.05, 0) is 72.4 Å². The van der Waals surface area contributed by atoms with Crippen LogP contribution in [0, 0.1) is 5.92 Å². The van der Waals surface area contributed by atoms with Crippen molar-refractivity contribution in [1.82, 2.24) is 9.80 Å². The molecule has 2 saturated heterocycles. The number of nitrogens with zero attached hydrogens (tertiary/aromatic N) is 2. The Morgan fingerprint density at radius 1 is 0.900 bits per heavy atom. The van der Waals surface area contributed by atoms with Gasteiger partial charge in [-0.1, -0.05) is 0 Å². The van der Waals surface area contributed by atoms with E-state index in [-0.39, 0.29) is 0 Å². The first-order valence-electron chi connectivity index (χ1n) is 8.66. The Morgan fingerprint density at radius 3 is 2.00 bits per heavy atom. The normalized spacial score (nSPS) is 24.9. The number of rotatable bonds is 5. The van der Waals surface area contributed by atoms with Gasteiger partial charge in [0.25, 0.3) is 0 Å². The highest BCUT2D eigenvalue weighted by molar-refractivity contribution is 4.79. The van der Waals surface area contributed by atoms with Crippen molar-refractivity contribution in [3.8, 4) is 0 Å². The van der Waals surface area contributed by atoms with E-state index in [1.165, 1.54) is 58.4 Å². The molecule has 2 aliphatic heterocycles. The Morgan fingerprint density at radius 2 is 1.50 bits per heavy atom. The molecule has 2 fully saturated rings. The highest BCUT2D eigenvalue weighted by Crippen LogP contribution is 2.22. The molecule has 0 amide bonds. The molecule has 0 saturated carbocycles. The van der Waals surface area contributed by atoms with Gasteiger partial charge in [0.2, 0.25) is 0 Å². The van der Waals surface area contributed by atoms with Gasteiger partial charge in [0.1, 0.15) is 0 Å². The zero-order valence-corrected chi connectivity index (χ0v) is 14.0. The van der Waals surface area contributed by atoms with Crippen molar-refractivity contribution in [3.05, 3.63) is 0 Å². The smallest absolute Gasteiger partial charge is 0.0603 e. The van der Waals surface area contributed by atoms with Crippen LogP contribution in [-0.2, 0) is 4.74 Å². The largest absolute Gasteiger partial charge is 0.375 e. The Kier molecular flexibility index (Phi) is 6.31. The van der Waals surface area contributed by atoms with Crippen LogP contribution in [0.4, 0.5) is 0 Å². The molecule has 3 nitrogen and oxygen atoms in total. The van der Waals surface area contributed by atoms with Gasteiger partial charge < -0.3 is 14.5 Å². The summed E-state index contributed by atoms with van der Waals surface area (Å²) in [5.74, 6) is 0.924. The summed E-state index contributed by atoms with van der Waals surface area (Å²) >= 11 is 0. The molecule has 0 aromatic carbocycles. The third-order valence-corrected chi connectivity index (χ3v) is 4.90. The highest BCUT2D eigenvalue weighted by atomic mass is 16.5. The Bertz CT molecular complexity index is 264. The number of hydrogen-bond donors (Lipinski definition) is 0. The van der Waals surface area contributed by atoms with Gasteiger partial charge in [-0.15, -0.1) is 0 Å². The van der Waals surface area contributed by atoms with Crippen molar-refractivity contribution in [2.24, 2.45) is 5.92 Å². The molecule has 2 rings (SSSR count). The SMILES string of the molecule is CC(C)OC1CCN(CC2CCN(C(C)C)CC2)CC1. The predicted molar refractivity (Wildman–Crippen MR) is 85.1 cm³/mol. The van der Waals surface area contributed by atoms with E-state index in [2.05, 4.69) is 37.5 Å². The molecule has 0 N–H and O–H groups in total. The van der Waals surface area contributed by atoms with Gasteiger partial charge in [0, 0.05) is 25.7 Å². The van der Waals surface area contributed by atoms with E-state index in [0.29, 0.717) is 12.2 Å². The summed E-state index contributed by atoms with van der Waals surface area (Å²) in [6.45, 7) is 15.3. The first-order valence-corrected chi connectivity index (χ1v) is 8.66. The first-order chi connectivity index (χ1) is 9.54. The molecule has 0 atom stereocenters. The van der Waals surface area contributed by atoms with Gasteiger partial charge in [-0.25, -0.2) is 0 Å². The highest BCUT2D eigenvalue weighted by Gasteiger charge is 2.25. The Labute approximate surface area is 125 Å². The van der Waals surface area contributed by atoms with Crippen molar-refractivity contribution in [2.45, 2.75) is 71.6 Å².